The molecule has 0 aliphatic heterocycles. The molecule has 2 atom stereocenters. The average Bonchev–Trinajstić information content (AvgIpc) is 2.58. The molecule has 0 fully saturated rings. The van der Waals surface area contributed by atoms with E-state index >= 15 is 0 Å². The van der Waals surface area contributed by atoms with E-state index in [1.807, 2.05) is 6.92 Å². The molecule has 144 valence electrons. The molecular weight excluding hydrogens is 304 g/mol. The summed E-state index contributed by atoms with van der Waals surface area (Å²) in [6, 6.07) is 0. The van der Waals surface area contributed by atoms with Gasteiger partial charge in [-0.1, -0.05) is 72.1 Å². The Hall–Kier alpha value is -0.770. The Bertz CT molecular complexity index is 281. The van der Waals surface area contributed by atoms with E-state index in [4.69, 9.17) is 14.2 Å². The van der Waals surface area contributed by atoms with Gasteiger partial charge in [0.2, 0.25) is 0 Å². The fraction of sp³-hybridized carbons (Fsp3) is 0.950. The van der Waals surface area contributed by atoms with Gasteiger partial charge in [0.25, 0.3) is 0 Å². The van der Waals surface area contributed by atoms with Gasteiger partial charge in [0.15, 0.2) is 0 Å². The van der Waals surface area contributed by atoms with Gasteiger partial charge in [-0.05, 0) is 25.7 Å². The Morgan fingerprint density at radius 2 is 1.42 bits per heavy atom. The van der Waals surface area contributed by atoms with E-state index in [1.54, 1.807) is 0 Å². The van der Waals surface area contributed by atoms with E-state index < -0.39 is 6.16 Å². The molecule has 0 saturated carbocycles. The third-order valence-corrected chi connectivity index (χ3v) is 4.39. The molecule has 2 unspecified atom stereocenters. The van der Waals surface area contributed by atoms with Gasteiger partial charge < -0.3 is 14.2 Å². The molecule has 0 heterocycles. The van der Waals surface area contributed by atoms with Gasteiger partial charge in [0.1, 0.15) is 6.61 Å². The second-order valence-electron chi connectivity index (χ2n) is 6.84. The summed E-state index contributed by atoms with van der Waals surface area (Å²) in [6.45, 7) is 9.82. The number of carbonyl (C=O) groups excluding carboxylic acids is 1. The Labute approximate surface area is 149 Å². The van der Waals surface area contributed by atoms with Crippen LogP contribution in [0.2, 0.25) is 0 Å². The molecule has 0 saturated heterocycles. The zero-order valence-corrected chi connectivity index (χ0v) is 16.5. The fourth-order valence-electron chi connectivity index (χ4n) is 2.52. The first-order chi connectivity index (χ1) is 11.6. The molecular formula is C20H40O4. The molecule has 0 rings (SSSR count). The van der Waals surface area contributed by atoms with Crippen molar-refractivity contribution in [3.63, 3.8) is 0 Å². The highest BCUT2D eigenvalue weighted by Crippen LogP contribution is 2.17. The first-order valence-corrected chi connectivity index (χ1v) is 10.0. The highest BCUT2D eigenvalue weighted by atomic mass is 16.7. The van der Waals surface area contributed by atoms with Gasteiger partial charge in [-0.3, -0.25) is 0 Å². The van der Waals surface area contributed by atoms with Gasteiger partial charge in [0.05, 0.1) is 19.3 Å². The normalized spacial score (nSPS) is 13.5. The highest BCUT2D eigenvalue weighted by molar-refractivity contribution is 5.59. The van der Waals surface area contributed by atoms with Crippen LogP contribution >= 0.6 is 0 Å². The zero-order valence-electron chi connectivity index (χ0n) is 16.5. The third kappa shape index (κ3) is 16.1. The molecule has 4 heteroatoms. The Morgan fingerprint density at radius 1 is 0.792 bits per heavy atom. The second kappa shape index (κ2) is 17.1. The molecule has 0 radical (unpaired) electrons. The quantitative estimate of drug-likeness (QED) is 0.250. The number of rotatable bonds is 16. The van der Waals surface area contributed by atoms with Crippen molar-refractivity contribution in [3.8, 4) is 0 Å². The Morgan fingerprint density at radius 3 is 2.04 bits per heavy atom. The van der Waals surface area contributed by atoms with Crippen LogP contribution in [0.4, 0.5) is 4.79 Å². The summed E-state index contributed by atoms with van der Waals surface area (Å²) < 4.78 is 15.4. The van der Waals surface area contributed by atoms with Crippen LogP contribution in [-0.4, -0.2) is 32.1 Å². The van der Waals surface area contributed by atoms with Gasteiger partial charge in [-0.15, -0.1) is 0 Å². The summed E-state index contributed by atoms with van der Waals surface area (Å²) in [7, 11) is 0. The summed E-state index contributed by atoms with van der Waals surface area (Å²) in [5, 5.41) is 0. The van der Waals surface area contributed by atoms with E-state index in [2.05, 4.69) is 20.8 Å². The predicted octanol–water partition coefficient (Wildman–Crippen LogP) is 6.12. The maximum absolute atomic E-state index is 11.4. The molecule has 0 amide bonds. The smallest absolute Gasteiger partial charge is 0.434 e. The van der Waals surface area contributed by atoms with Crippen molar-refractivity contribution in [1.82, 2.24) is 0 Å². The van der Waals surface area contributed by atoms with Crippen molar-refractivity contribution >= 4 is 6.16 Å². The highest BCUT2D eigenvalue weighted by Gasteiger charge is 2.05. The van der Waals surface area contributed by atoms with Crippen LogP contribution in [0.3, 0.4) is 0 Å². The maximum Gasteiger partial charge on any atom is 0.508 e. The monoisotopic (exact) mass is 344 g/mol. The number of hydrogen-bond donors (Lipinski definition) is 0. The van der Waals surface area contributed by atoms with Gasteiger partial charge in [-0.2, -0.15) is 0 Å². The lowest BCUT2D eigenvalue weighted by atomic mass is 9.97. The minimum atomic E-state index is -0.577. The molecule has 24 heavy (non-hydrogen) atoms. The van der Waals surface area contributed by atoms with Crippen LogP contribution in [0.25, 0.3) is 0 Å². The van der Waals surface area contributed by atoms with Crippen molar-refractivity contribution in [2.45, 2.75) is 98.0 Å². The molecule has 0 spiro atoms. The second-order valence-corrected chi connectivity index (χ2v) is 6.84. The number of unbranched alkanes of at least 4 members (excludes halogenated alkanes) is 5. The van der Waals surface area contributed by atoms with Gasteiger partial charge >= 0.3 is 6.16 Å². The summed E-state index contributed by atoms with van der Waals surface area (Å²) >= 11 is 0. The average molecular weight is 345 g/mol. The number of hydrogen-bond acceptors (Lipinski definition) is 4. The van der Waals surface area contributed by atoms with Crippen LogP contribution in [0.5, 0.6) is 0 Å². The summed E-state index contributed by atoms with van der Waals surface area (Å²) in [5.74, 6) is 0.818. The lowest BCUT2D eigenvalue weighted by molar-refractivity contribution is 0.00499. The van der Waals surface area contributed by atoms with Crippen molar-refractivity contribution in [1.29, 1.82) is 0 Å². The minimum Gasteiger partial charge on any atom is -0.434 e. The van der Waals surface area contributed by atoms with Gasteiger partial charge in [0, 0.05) is 0 Å². The molecule has 0 aromatic carbocycles. The summed E-state index contributed by atoms with van der Waals surface area (Å²) in [6.07, 6.45) is 11.9. The Kier molecular flexibility index (Phi) is 16.5. The van der Waals surface area contributed by atoms with E-state index in [0.717, 1.165) is 25.2 Å². The molecule has 0 aromatic heterocycles. The Balaban J connectivity index is 3.32. The molecule has 0 N–H and O–H groups in total. The first kappa shape index (κ1) is 23.2. The van der Waals surface area contributed by atoms with Crippen LogP contribution in [0, 0.1) is 5.92 Å². The van der Waals surface area contributed by atoms with Crippen LogP contribution < -0.4 is 0 Å². The fourth-order valence-corrected chi connectivity index (χ4v) is 2.52. The van der Waals surface area contributed by atoms with Crippen LogP contribution in [0.1, 0.15) is 91.9 Å². The van der Waals surface area contributed by atoms with Gasteiger partial charge in [-0.25, -0.2) is 4.79 Å². The van der Waals surface area contributed by atoms with Crippen molar-refractivity contribution in [2.75, 3.05) is 19.8 Å². The summed E-state index contributed by atoms with van der Waals surface area (Å²) in [4.78, 5) is 11.4. The van der Waals surface area contributed by atoms with Crippen LogP contribution in [-0.2, 0) is 14.2 Å². The standard InChI is InChI=1S/C20H40O4/c1-5-7-8-10-13-18(3)14-11-9-12-15-23-20(21)24-17-16-22-19(4)6-2/h18-19H,5-17H2,1-4H3. The number of carbonyl (C=O) groups is 1. The predicted molar refractivity (Wildman–Crippen MR) is 99.4 cm³/mol. The maximum atomic E-state index is 11.4. The minimum absolute atomic E-state index is 0.207. The van der Waals surface area contributed by atoms with Crippen LogP contribution in [0.15, 0.2) is 0 Å². The number of ether oxygens (including phenoxy) is 3. The van der Waals surface area contributed by atoms with E-state index in [9.17, 15) is 4.79 Å². The van der Waals surface area contributed by atoms with Crippen molar-refractivity contribution in [3.05, 3.63) is 0 Å². The van der Waals surface area contributed by atoms with Crippen molar-refractivity contribution < 1.29 is 19.0 Å². The lowest BCUT2D eigenvalue weighted by Gasteiger charge is -2.11. The van der Waals surface area contributed by atoms with E-state index in [-0.39, 0.29) is 12.7 Å². The molecule has 0 aliphatic rings. The first-order valence-electron chi connectivity index (χ1n) is 10.0. The van der Waals surface area contributed by atoms with E-state index in [0.29, 0.717) is 13.2 Å². The molecule has 0 aromatic rings. The topological polar surface area (TPSA) is 44.8 Å². The molecule has 0 bridgehead atoms. The third-order valence-electron chi connectivity index (χ3n) is 4.39. The zero-order chi connectivity index (χ0) is 18.0. The largest absolute Gasteiger partial charge is 0.508 e. The lowest BCUT2D eigenvalue weighted by Crippen LogP contribution is -2.15. The molecule has 0 aliphatic carbocycles. The summed E-state index contributed by atoms with van der Waals surface area (Å²) in [5.41, 5.74) is 0. The SMILES string of the molecule is CCCCCCC(C)CCCCCOC(=O)OCCOC(C)CC. The van der Waals surface area contributed by atoms with Crippen molar-refractivity contribution in [2.24, 2.45) is 5.92 Å². The van der Waals surface area contributed by atoms with E-state index in [1.165, 1.54) is 44.9 Å². The molecule has 4 nitrogen and oxygen atoms in total.